The van der Waals surface area contributed by atoms with Crippen LogP contribution in [0.15, 0.2) is 24.3 Å². The van der Waals surface area contributed by atoms with Crippen molar-refractivity contribution in [2.24, 2.45) is 0 Å². The lowest BCUT2D eigenvalue weighted by Gasteiger charge is -2.18. The number of carbonyl (C=O) groups is 3. The molecule has 0 radical (unpaired) electrons. The third-order valence-electron chi connectivity index (χ3n) is 16.9. The van der Waals surface area contributed by atoms with Gasteiger partial charge in [-0.1, -0.05) is 353 Å². The third kappa shape index (κ3) is 68.6. The summed E-state index contributed by atoms with van der Waals surface area (Å²) in [5.74, 6) is -0.862. The molecule has 0 aromatic carbocycles. The molecule has 0 rings (SSSR count). The molecule has 6 nitrogen and oxygen atoms in total. The Morgan fingerprint density at radius 1 is 0.235 bits per heavy atom. The van der Waals surface area contributed by atoms with Crippen LogP contribution in [0.25, 0.3) is 0 Å². The molecule has 1 unspecified atom stereocenters. The van der Waals surface area contributed by atoms with Gasteiger partial charge in [-0.3, -0.25) is 14.4 Å². The normalized spacial score (nSPS) is 12.1. The number of ether oxygens (including phenoxy) is 3. The molecule has 0 N–H and O–H groups in total. The van der Waals surface area contributed by atoms with Gasteiger partial charge in [0, 0.05) is 19.3 Å². The maximum absolute atomic E-state index is 12.9. The highest BCUT2D eigenvalue weighted by atomic mass is 16.6. The predicted molar refractivity (Wildman–Crippen MR) is 353 cm³/mol. The first-order valence-electron chi connectivity index (χ1n) is 36.8. The second-order valence-electron chi connectivity index (χ2n) is 25.2. The van der Waals surface area contributed by atoms with Crippen LogP contribution >= 0.6 is 0 Å². The van der Waals surface area contributed by atoms with Crippen molar-refractivity contribution in [3.05, 3.63) is 24.3 Å². The zero-order chi connectivity index (χ0) is 58.5. The summed E-state index contributed by atoms with van der Waals surface area (Å²) in [5.41, 5.74) is 0. The van der Waals surface area contributed by atoms with Crippen LogP contribution in [0.5, 0.6) is 0 Å². The molecule has 478 valence electrons. The predicted octanol–water partition coefficient (Wildman–Crippen LogP) is 25.3. The average Bonchev–Trinajstić information content (AvgIpc) is 3.46. The summed E-state index contributed by atoms with van der Waals surface area (Å²) in [7, 11) is 0. The van der Waals surface area contributed by atoms with E-state index in [1.165, 1.54) is 308 Å². The molecule has 0 aliphatic rings. The number of unbranched alkanes of at least 4 members (excludes halogenated alkanes) is 54. The van der Waals surface area contributed by atoms with E-state index in [-0.39, 0.29) is 31.1 Å². The van der Waals surface area contributed by atoms with Crippen LogP contribution in [-0.2, 0) is 28.6 Å². The highest BCUT2D eigenvalue weighted by Crippen LogP contribution is 2.19. The van der Waals surface area contributed by atoms with E-state index >= 15 is 0 Å². The van der Waals surface area contributed by atoms with Gasteiger partial charge in [-0.05, 0) is 70.6 Å². The van der Waals surface area contributed by atoms with Crippen LogP contribution in [-0.4, -0.2) is 37.2 Å². The van der Waals surface area contributed by atoms with Crippen LogP contribution in [0.4, 0.5) is 0 Å². The van der Waals surface area contributed by atoms with E-state index in [0.717, 1.165) is 70.6 Å². The van der Waals surface area contributed by atoms with Crippen molar-refractivity contribution in [3.63, 3.8) is 0 Å². The zero-order valence-corrected chi connectivity index (χ0v) is 55.1. The quantitative estimate of drug-likeness (QED) is 0.0261. The number of allylic oxidation sites excluding steroid dienone is 4. The first kappa shape index (κ1) is 78.9. The molecule has 0 amide bonds. The van der Waals surface area contributed by atoms with E-state index in [4.69, 9.17) is 14.2 Å². The summed E-state index contributed by atoms with van der Waals surface area (Å²) in [5, 5.41) is 0. The molecule has 0 spiro atoms. The van der Waals surface area contributed by atoms with Crippen molar-refractivity contribution >= 4 is 17.9 Å². The smallest absolute Gasteiger partial charge is 0.306 e. The van der Waals surface area contributed by atoms with Gasteiger partial charge in [0.05, 0.1) is 0 Å². The van der Waals surface area contributed by atoms with Crippen molar-refractivity contribution < 1.29 is 28.6 Å². The minimum Gasteiger partial charge on any atom is -0.462 e. The van der Waals surface area contributed by atoms with Crippen molar-refractivity contribution in [3.8, 4) is 0 Å². The Morgan fingerprint density at radius 2 is 0.407 bits per heavy atom. The topological polar surface area (TPSA) is 78.9 Å². The van der Waals surface area contributed by atoms with Gasteiger partial charge in [0.1, 0.15) is 13.2 Å². The molecular formula is C75H142O6. The third-order valence-corrected chi connectivity index (χ3v) is 16.9. The molecule has 0 bridgehead atoms. The van der Waals surface area contributed by atoms with Gasteiger partial charge in [0.2, 0.25) is 0 Å². The van der Waals surface area contributed by atoms with Crippen LogP contribution in [0.1, 0.15) is 419 Å². The Hall–Kier alpha value is -2.11. The van der Waals surface area contributed by atoms with Gasteiger partial charge in [-0.2, -0.15) is 0 Å². The molecule has 1 atom stereocenters. The lowest BCUT2D eigenvalue weighted by Crippen LogP contribution is -2.30. The van der Waals surface area contributed by atoms with Crippen LogP contribution in [0, 0.1) is 0 Å². The number of rotatable bonds is 69. The van der Waals surface area contributed by atoms with Gasteiger partial charge < -0.3 is 14.2 Å². The summed E-state index contributed by atoms with van der Waals surface area (Å²) < 4.78 is 17.0. The number of hydrogen-bond donors (Lipinski definition) is 0. The second-order valence-corrected chi connectivity index (χ2v) is 25.2. The molecule has 0 saturated heterocycles. The van der Waals surface area contributed by atoms with Gasteiger partial charge >= 0.3 is 17.9 Å². The van der Waals surface area contributed by atoms with Gasteiger partial charge in [0.15, 0.2) is 6.10 Å². The zero-order valence-electron chi connectivity index (χ0n) is 55.1. The first-order valence-corrected chi connectivity index (χ1v) is 36.8. The van der Waals surface area contributed by atoms with E-state index in [2.05, 4.69) is 45.1 Å². The first-order chi connectivity index (χ1) is 40.0. The molecule has 0 aromatic heterocycles. The van der Waals surface area contributed by atoms with Crippen molar-refractivity contribution in [1.29, 1.82) is 0 Å². The second kappa shape index (κ2) is 70.4. The monoisotopic (exact) mass is 1140 g/mol. The summed E-state index contributed by atoms with van der Waals surface area (Å²) in [6.45, 7) is 6.68. The summed E-state index contributed by atoms with van der Waals surface area (Å²) in [6, 6.07) is 0. The Labute approximate surface area is 506 Å². The van der Waals surface area contributed by atoms with E-state index in [0.29, 0.717) is 19.3 Å². The number of esters is 3. The van der Waals surface area contributed by atoms with E-state index in [1.807, 2.05) is 0 Å². The highest BCUT2D eigenvalue weighted by molar-refractivity contribution is 5.71. The lowest BCUT2D eigenvalue weighted by molar-refractivity contribution is -0.167. The summed E-state index contributed by atoms with van der Waals surface area (Å²) >= 11 is 0. The van der Waals surface area contributed by atoms with Crippen molar-refractivity contribution in [2.45, 2.75) is 425 Å². The molecule has 0 aliphatic heterocycles. The van der Waals surface area contributed by atoms with Crippen molar-refractivity contribution in [1.82, 2.24) is 0 Å². The van der Waals surface area contributed by atoms with Crippen LogP contribution < -0.4 is 0 Å². The molecule has 0 heterocycles. The Bertz CT molecular complexity index is 1310. The van der Waals surface area contributed by atoms with E-state index in [1.54, 1.807) is 0 Å². The summed E-state index contributed by atoms with van der Waals surface area (Å²) in [6.07, 6.45) is 86.7. The molecule has 0 saturated carbocycles. The Morgan fingerprint density at radius 3 is 0.630 bits per heavy atom. The van der Waals surface area contributed by atoms with Crippen molar-refractivity contribution in [2.75, 3.05) is 13.2 Å². The molecule has 0 aliphatic carbocycles. The number of hydrogen-bond acceptors (Lipinski definition) is 6. The van der Waals surface area contributed by atoms with E-state index in [9.17, 15) is 14.4 Å². The Kier molecular flexibility index (Phi) is 68.5. The fraction of sp³-hybridized carbons (Fsp3) is 0.907. The minimum atomic E-state index is -0.777. The molecule has 81 heavy (non-hydrogen) atoms. The standard InChI is InChI=1S/C75H142O6/c1-4-7-10-13-16-19-22-25-27-29-30-31-32-33-34-35-36-37-38-39-40-41-42-43-44-45-46-48-50-53-56-59-62-65-68-74(77)80-71-72(70-79-73(76)67-64-61-58-55-52-49-24-21-18-15-12-9-6-3)81-75(78)69-66-63-60-57-54-51-47-28-26-23-20-17-14-11-8-5-2/h21,24,28,47,72H,4-20,22-23,25-27,29-46,48-71H2,1-3H3/b24-21-,47-28-. The molecular weight excluding hydrogens is 997 g/mol. The van der Waals surface area contributed by atoms with Gasteiger partial charge in [-0.25, -0.2) is 0 Å². The maximum Gasteiger partial charge on any atom is 0.306 e. The SMILES string of the molecule is CCCCCC/C=C\CCCCCCCC(=O)OCC(COC(=O)CCCCCCCCCCCCCCCCCCCCCCCCCCCCCCCCCCCC)OC(=O)CCCCCCC/C=C\CCCCCCCCC. The van der Waals surface area contributed by atoms with Crippen LogP contribution in [0.3, 0.4) is 0 Å². The average molecular weight is 1140 g/mol. The Balaban J connectivity index is 4.06. The molecule has 0 fully saturated rings. The molecule has 6 heteroatoms. The minimum absolute atomic E-state index is 0.0722. The number of carbonyl (C=O) groups excluding carboxylic acids is 3. The highest BCUT2D eigenvalue weighted by Gasteiger charge is 2.19. The summed E-state index contributed by atoms with van der Waals surface area (Å²) in [4.78, 5) is 38.4. The molecule has 0 aromatic rings. The van der Waals surface area contributed by atoms with E-state index < -0.39 is 6.10 Å². The van der Waals surface area contributed by atoms with Crippen LogP contribution in [0.2, 0.25) is 0 Å². The fourth-order valence-electron chi connectivity index (χ4n) is 11.4. The van der Waals surface area contributed by atoms with Gasteiger partial charge in [0.25, 0.3) is 0 Å². The van der Waals surface area contributed by atoms with Gasteiger partial charge in [-0.15, -0.1) is 0 Å². The largest absolute Gasteiger partial charge is 0.462 e. The lowest BCUT2D eigenvalue weighted by atomic mass is 10.0. The maximum atomic E-state index is 12.9. The fourth-order valence-corrected chi connectivity index (χ4v) is 11.4.